The second-order valence-electron chi connectivity index (χ2n) is 3.90. The van der Waals surface area contributed by atoms with Crippen LogP contribution in [0.2, 0.25) is 0 Å². The number of hydrazone groups is 1. The number of rotatable bonds is 3. The molecule has 1 fully saturated rings. The average Bonchev–Trinajstić information content (AvgIpc) is 2.15. The van der Waals surface area contributed by atoms with Crippen LogP contribution < -0.4 is 0 Å². The molecule has 1 aliphatic heterocycles. The Morgan fingerprint density at radius 1 is 1.23 bits per heavy atom. The van der Waals surface area contributed by atoms with Gasteiger partial charge in [0.15, 0.2) is 0 Å². The maximum absolute atomic E-state index is 4.43. The van der Waals surface area contributed by atoms with Crippen molar-refractivity contribution >= 4 is 6.21 Å². The highest BCUT2D eigenvalue weighted by atomic mass is 15.5. The first-order chi connectivity index (χ1) is 6.22. The Morgan fingerprint density at radius 3 is 2.31 bits per heavy atom. The lowest BCUT2D eigenvalue weighted by molar-refractivity contribution is 0.141. The van der Waals surface area contributed by atoms with E-state index in [2.05, 4.69) is 35.8 Å². The van der Waals surface area contributed by atoms with Crippen LogP contribution >= 0.6 is 0 Å². The van der Waals surface area contributed by atoms with Gasteiger partial charge < -0.3 is 0 Å². The number of nitrogens with zero attached hydrogens (tertiary/aromatic N) is 3. The van der Waals surface area contributed by atoms with Crippen LogP contribution in [0.15, 0.2) is 5.10 Å². The lowest BCUT2D eigenvalue weighted by Crippen LogP contribution is -2.43. The molecule has 0 N–H and O–H groups in total. The summed E-state index contributed by atoms with van der Waals surface area (Å²) in [5, 5.41) is 6.61. The van der Waals surface area contributed by atoms with Crippen molar-refractivity contribution in [2.24, 2.45) is 11.0 Å². The van der Waals surface area contributed by atoms with Crippen LogP contribution in [0.4, 0.5) is 0 Å². The number of piperazine rings is 1. The fourth-order valence-electron chi connectivity index (χ4n) is 1.40. The van der Waals surface area contributed by atoms with Gasteiger partial charge in [-0.25, -0.2) is 0 Å². The number of hydrogen-bond donors (Lipinski definition) is 0. The molecule has 1 rings (SSSR count). The molecule has 13 heavy (non-hydrogen) atoms. The second kappa shape index (κ2) is 5.22. The van der Waals surface area contributed by atoms with Crippen LogP contribution in [0.25, 0.3) is 0 Å². The van der Waals surface area contributed by atoms with E-state index in [0.717, 1.165) is 26.2 Å². The first kappa shape index (κ1) is 10.5. The van der Waals surface area contributed by atoms with Crippen LogP contribution in [0.5, 0.6) is 0 Å². The van der Waals surface area contributed by atoms with Gasteiger partial charge >= 0.3 is 0 Å². The van der Waals surface area contributed by atoms with E-state index in [0.29, 0.717) is 5.92 Å². The number of likely N-dealkylation sites (N-methyl/N-ethyl adjacent to an activating group) is 1. The van der Waals surface area contributed by atoms with Gasteiger partial charge in [-0.1, -0.05) is 20.8 Å². The summed E-state index contributed by atoms with van der Waals surface area (Å²) in [6.45, 7) is 12.2. The Morgan fingerprint density at radius 2 is 1.85 bits per heavy atom. The summed E-state index contributed by atoms with van der Waals surface area (Å²) in [6, 6.07) is 0. The summed E-state index contributed by atoms with van der Waals surface area (Å²) in [6.07, 6.45) is 2.03. The molecule has 3 nitrogen and oxygen atoms in total. The third-order valence-electron chi connectivity index (χ3n) is 2.32. The summed E-state index contributed by atoms with van der Waals surface area (Å²) < 4.78 is 0. The zero-order chi connectivity index (χ0) is 9.68. The molecule has 0 radical (unpaired) electrons. The van der Waals surface area contributed by atoms with Crippen LogP contribution in [0, 0.1) is 5.92 Å². The van der Waals surface area contributed by atoms with E-state index in [1.54, 1.807) is 0 Å². The van der Waals surface area contributed by atoms with Crippen molar-refractivity contribution in [3.8, 4) is 0 Å². The summed E-state index contributed by atoms with van der Waals surface area (Å²) in [7, 11) is 0. The monoisotopic (exact) mass is 183 g/mol. The van der Waals surface area contributed by atoms with Crippen molar-refractivity contribution in [3.05, 3.63) is 0 Å². The lowest BCUT2D eigenvalue weighted by Gasteiger charge is -2.32. The SMILES string of the molecule is CCN1CCN(/N=C/C(C)C)CC1. The summed E-state index contributed by atoms with van der Waals surface area (Å²) >= 11 is 0. The van der Waals surface area contributed by atoms with E-state index in [1.807, 2.05) is 6.21 Å². The van der Waals surface area contributed by atoms with Gasteiger partial charge in [-0.05, 0) is 12.5 Å². The second-order valence-corrected chi connectivity index (χ2v) is 3.90. The summed E-state index contributed by atoms with van der Waals surface area (Å²) in [4.78, 5) is 2.46. The van der Waals surface area contributed by atoms with Crippen LogP contribution in [-0.2, 0) is 0 Å². The minimum atomic E-state index is 0.559. The van der Waals surface area contributed by atoms with Gasteiger partial charge in [0, 0.05) is 32.4 Å². The molecule has 0 atom stereocenters. The molecule has 0 aromatic rings. The van der Waals surface area contributed by atoms with Gasteiger partial charge in [-0.3, -0.25) is 9.91 Å². The van der Waals surface area contributed by atoms with Gasteiger partial charge in [-0.15, -0.1) is 0 Å². The molecule has 0 aromatic carbocycles. The Kier molecular flexibility index (Phi) is 4.22. The predicted molar refractivity (Wildman–Crippen MR) is 57.0 cm³/mol. The Balaban J connectivity index is 2.25. The average molecular weight is 183 g/mol. The van der Waals surface area contributed by atoms with E-state index in [1.165, 1.54) is 6.54 Å². The zero-order valence-electron chi connectivity index (χ0n) is 9.03. The molecular formula is C10H21N3. The molecular weight excluding hydrogens is 162 g/mol. The minimum absolute atomic E-state index is 0.559. The zero-order valence-corrected chi connectivity index (χ0v) is 9.03. The van der Waals surface area contributed by atoms with E-state index in [-0.39, 0.29) is 0 Å². The fraction of sp³-hybridized carbons (Fsp3) is 0.900. The van der Waals surface area contributed by atoms with Gasteiger partial charge in [0.1, 0.15) is 0 Å². The molecule has 1 aliphatic rings. The number of hydrogen-bond acceptors (Lipinski definition) is 3. The van der Waals surface area contributed by atoms with E-state index < -0.39 is 0 Å². The highest BCUT2D eigenvalue weighted by Crippen LogP contribution is 2.01. The predicted octanol–water partition coefficient (Wildman–Crippen LogP) is 1.27. The van der Waals surface area contributed by atoms with E-state index >= 15 is 0 Å². The van der Waals surface area contributed by atoms with Crippen LogP contribution in [0.3, 0.4) is 0 Å². The third kappa shape index (κ3) is 3.77. The van der Waals surface area contributed by atoms with Crippen molar-refractivity contribution in [2.45, 2.75) is 20.8 Å². The third-order valence-corrected chi connectivity index (χ3v) is 2.32. The molecule has 0 bridgehead atoms. The van der Waals surface area contributed by atoms with Crippen molar-refractivity contribution in [3.63, 3.8) is 0 Å². The van der Waals surface area contributed by atoms with Gasteiger partial charge in [0.05, 0.1) is 0 Å². The smallest absolute Gasteiger partial charge is 0.0488 e. The topological polar surface area (TPSA) is 18.8 Å². The molecule has 1 saturated heterocycles. The molecule has 3 heteroatoms. The standard InChI is InChI=1S/C10H21N3/c1-4-12-5-7-13(8-6-12)11-9-10(2)3/h9-10H,4-8H2,1-3H3/b11-9+. The molecule has 0 unspecified atom stereocenters. The lowest BCUT2D eigenvalue weighted by atomic mass is 10.3. The maximum atomic E-state index is 4.43. The maximum Gasteiger partial charge on any atom is 0.0488 e. The molecule has 1 heterocycles. The van der Waals surface area contributed by atoms with E-state index in [9.17, 15) is 0 Å². The van der Waals surface area contributed by atoms with Crippen molar-refractivity contribution in [2.75, 3.05) is 32.7 Å². The van der Waals surface area contributed by atoms with Gasteiger partial charge in [0.2, 0.25) is 0 Å². The van der Waals surface area contributed by atoms with E-state index in [4.69, 9.17) is 0 Å². The Labute approximate surface area is 81.4 Å². The summed E-state index contributed by atoms with van der Waals surface area (Å²) in [5.74, 6) is 0.559. The largest absolute Gasteiger partial charge is 0.300 e. The first-order valence-corrected chi connectivity index (χ1v) is 5.23. The molecule has 76 valence electrons. The van der Waals surface area contributed by atoms with Crippen LogP contribution in [0.1, 0.15) is 20.8 Å². The molecule has 0 aromatic heterocycles. The molecule has 0 saturated carbocycles. The highest BCUT2D eigenvalue weighted by molar-refractivity contribution is 5.59. The van der Waals surface area contributed by atoms with Crippen molar-refractivity contribution < 1.29 is 0 Å². The highest BCUT2D eigenvalue weighted by Gasteiger charge is 2.12. The first-order valence-electron chi connectivity index (χ1n) is 5.23. The van der Waals surface area contributed by atoms with Crippen molar-refractivity contribution in [1.29, 1.82) is 0 Å². The van der Waals surface area contributed by atoms with Gasteiger partial charge in [0.25, 0.3) is 0 Å². The summed E-state index contributed by atoms with van der Waals surface area (Å²) in [5.41, 5.74) is 0. The van der Waals surface area contributed by atoms with Crippen LogP contribution in [-0.4, -0.2) is 48.8 Å². The quantitative estimate of drug-likeness (QED) is 0.614. The van der Waals surface area contributed by atoms with Gasteiger partial charge in [-0.2, -0.15) is 5.10 Å². The fourth-order valence-corrected chi connectivity index (χ4v) is 1.40. The normalized spacial score (nSPS) is 20.5. The van der Waals surface area contributed by atoms with Crippen molar-refractivity contribution in [1.82, 2.24) is 9.91 Å². The minimum Gasteiger partial charge on any atom is -0.300 e. The Hall–Kier alpha value is -0.570. The Bertz CT molecular complexity index is 158. The molecule has 0 spiro atoms. The molecule has 0 aliphatic carbocycles. The molecule has 0 amide bonds.